The molecule has 0 atom stereocenters. The summed E-state index contributed by atoms with van der Waals surface area (Å²) in [6, 6.07) is 7.64. The summed E-state index contributed by atoms with van der Waals surface area (Å²) in [5.41, 5.74) is 7.05. The Balaban J connectivity index is 0.00000192. The maximum Gasteiger partial charge on any atom is 0.248 e. The number of nitrogens with zero attached hydrogens (tertiary/aromatic N) is 2. The summed E-state index contributed by atoms with van der Waals surface area (Å²) >= 11 is 0. The van der Waals surface area contributed by atoms with Crippen LogP contribution in [0.1, 0.15) is 23.2 Å². The number of nitrogens with two attached hydrogens (primary N) is 1. The largest absolute Gasteiger partial charge is 0.369 e. The van der Waals surface area contributed by atoms with Crippen molar-refractivity contribution < 1.29 is 4.79 Å². The zero-order valence-corrected chi connectivity index (χ0v) is 14.4. The highest BCUT2D eigenvalue weighted by Gasteiger charge is 2.21. The molecule has 2 aliphatic heterocycles. The van der Waals surface area contributed by atoms with E-state index in [0.717, 1.165) is 32.1 Å². The van der Waals surface area contributed by atoms with E-state index < -0.39 is 0 Å². The van der Waals surface area contributed by atoms with E-state index >= 15 is 0 Å². The van der Waals surface area contributed by atoms with Crippen LogP contribution in [0.2, 0.25) is 0 Å². The maximum atomic E-state index is 11.1. The summed E-state index contributed by atoms with van der Waals surface area (Å²) in [4.78, 5) is 16.1. The van der Waals surface area contributed by atoms with E-state index in [2.05, 4.69) is 15.1 Å². The molecular formula is C17H27ClN4O. The first-order valence-corrected chi connectivity index (χ1v) is 8.30. The van der Waals surface area contributed by atoms with Gasteiger partial charge in [-0.1, -0.05) is 0 Å². The van der Waals surface area contributed by atoms with Crippen molar-refractivity contribution in [3.63, 3.8) is 0 Å². The Hall–Kier alpha value is -1.30. The number of primary amides is 1. The Kier molecular flexibility index (Phi) is 6.69. The summed E-state index contributed by atoms with van der Waals surface area (Å²) in [5.74, 6) is 0.501. The third-order valence-electron chi connectivity index (χ3n) is 4.86. The number of piperazine rings is 1. The molecule has 3 N–H and O–H groups in total. The Morgan fingerprint density at radius 2 is 1.70 bits per heavy atom. The lowest BCUT2D eigenvalue weighted by molar-refractivity contribution is 0.100. The molecule has 0 radical (unpaired) electrons. The van der Waals surface area contributed by atoms with Gasteiger partial charge >= 0.3 is 0 Å². The molecule has 1 aromatic carbocycles. The lowest BCUT2D eigenvalue weighted by Crippen LogP contribution is -2.48. The van der Waals surface area contributed by atoms with Gasteiger partial charge in [0.05, 0.1) is 0 Å². The van der Waals surface area contributed by atoms with Gasteiger partial charge in [-0.2, -0.15) is 0 Å². The first kappa shape index (κ1) is 18.0. The van der Waals surface area contributed by atoms with Crippen LogP contribution in [0.25, 0.3) is 0 Å². The fraction of sp³-hybridized carbons (Fsp3) is 0.588. The molecule has 2 saturated heterocycles. The second kappa shape index (κ2) is 8.52. The minimum Gasteiger partial charge on any atom is -0.369 e. The highest BCUT2D eigenvalue weighted by Crippen LogP contribution is 2.19. The molecule has 0 aromatic heterocycles. The number of anilines is 1. The number of amides is 1. The summed E-state index contributed by atoms with van der Waals surface area (Å²) in [5, 5.41) is 3.43. The molecule has 3 rings (SSSR count). The number of halogens is 1. The lowest BCUT2D eigenvalue weighted by atomic mass is 9.97. The number of benzene rings is 1. The van der Waals surface area contributed by atoms with Crippen molar-refractivity contribution in [3.8, 4) is 0 Å². The van der Waals surface area contributed by atoms with E-state index in [1.54, 1.807) is 0 Å². The molecule has 0 bridgehead atoms. The molecule has 23 heavy (non-hydrogen) atoms. The summed E-state index contributed by atoms with van der Waals surface area (Å²) in [6.07, 6.45) is 2.63. The van der Waals surface area contributed by atoms with E-state index in [-0.39, 0.29) is 18.3 Å². The van der Waals surface area contributed by atoms with Crippen molar-refractivity contribution in [3.05, 3.63) is 29.8 Å². The van der Waals surface area contributed by atoms with E-state index in [4.69, 9.17) is 5.73 Å². The van der Waals surface area contributed by atoms with Crippen LogP contribution in [-0.2, 0) is 0 Å². The van der Waals surface area contributed by atoms with E-state index in [1.807, 2.05) is 24.3 Å². The Morgan fingerprint density at radius 3 is 2.26 bits per heavy atom. The fourth-order valence-corrected chi connectivity index (χ4v) is 3.45. The van der Waals surface area contributed by atoms with Crippen LogP contribution in [0, 0.1) is 5.92 Å². The molecule has 5 nitrogen and oxygen atoms in total. The molecule has 1 aromatic rings. The molecule has 0 unspecified atom stereocenters. The molecular weight excluding hydrogens is 312 g/mol. The van der Waals surface area contributed by atoms with Crippen molar-refractivity contribution >= 4 is 24.0 Å². The predicted octanol–water partition coefficient (Wildman–Crippen LogP) is 1.33. The first-order valence-electron chi connectivity index (χ1n) is 8.30. The summed E-state index contributed by atoms with van der Waals surface area (Å²) < 4.78 is 0. The van der Waals surface area contributed by atoms with Crippen molar-refractivity contribution in [2.24, 2.45) is 11.7 Å². The highest BCUT2D eigenvalue weighted by atomic mass is 35.5. The van der Waals surface area contributed by atoms with Gasteiger partial charge in [-0.3, -0.25) is 9.69 Å². The van der Waals surface area contributed by atoms with Crippen molar-refractivity contribution in [2.45, 2.75) is 12.8 Å². The molecule has 1 amide bonds. The zero-order valence-electron chi connectivity index (χ0n) is 13.5. The van der Waals surface area contributed by atoms with Crippen LogP contribution < -0.4 is 16.0 Å². The normalized spacial score (nSPS) is 20.1. The topological polar surface area (TPSA) is 61.6 Å². The minimum atomic E-state index is -0.363. The Morgan fingerprint density at radius 1 is 1.09 bits per heavy atom. The Labute approximate surface area is 144 Å². The van der Waals surface area contributed by atoms with E-state index in [1.165, 1.54) is 38.2 Å². The van der Waals surface area contributed by atoms with Gasteiger partial charge in [-0.05, 0) is 56.1 Å². The van der Waals surface area contributed by atoms with Crippen molar-refractivity contribution in [1.29, 1.82) is 0 Å². The SMILES string of the molecule is Cl.NC(=O)c1ccc(N2CCN(CC3CCNCC3)CC2)cc1. The van der Waals surface area contributed by atoms with Gasteiger partial charge in [0.15, 0.2) is 0 Å². The predicted molar refractivity (Wildman–Crippen MR) is 96.5 cm³/mol. The van der Waals surface area contributed by atoms with Crippen molar-refractivity contribution in [1.82, 2.24) is 10.2 Å². The molecule has 0 spiro atoms. The highest BCUT2D eigenvalue weighted by molar-refractivity contribution is 5.93. The van der Waals surface area contributed by atoms with Crippen LogP contribution in [0.3, 0.4) is 0 Å². The first-order chi connectivity index (χ1) is 10.7. The number of nitrogens with one attached hydrogen (secondary N) is 1. The number of carbonyl (C=O) groups is 1. The van der Waals surface area contributed by atoms with Gasteiger partial charge in [0.2, 0.25) is 5.91 Å². The van der Waals surface area contributed by atoms with Crippen LogP contribution in [0.5, 0.6) is 0 Å². The third kappa shape index (κ3) is 4.83. The van der Waals surface area contributed by atoms with E-state index in [9.17, 15) is 4.79 Å². The van der Waals surface area contributed by atoms with Crippen LogP contribution >= 0.6 is 12.4 Å². The standard InChI is InChI=1S/C17H26N4O.ClH/c18-17(22)15-1-3-16(4-2-15)21-11-9-20(10-12-21)13-14-5-7-19-8-6-14;/h1-4,14,19H,5-13H2,(H2,18,22);1H. The molecule has 128 valence electrons. The number of hydrogen-bond acceptors (Lipinski definition) is 4. The van der Waals surface area contributed by atoms with Gasteiger partial charge in [-0.25, -0.2) is 0 Å². The van der Waals surface area contributed by atoms with Gasteiger partial charge in [0.25, 0.3) is 0 Å². The van der Waals surface area contributed by atoms with Gasteiger partial charge < -0.3 is 16.0 Å². The molecule has 6 heteroatoms. The fourth-order valence-electron chi connectivity index (χ4n) is 3.45. The Bertz CT molecular complexity index is 494. The molecule has 0 saturated carbocycles. The quantitative estimate of drug-likeness (QED) is 0.869. The monoisotopic (exact) mass is 338 g/mol. The molecule has 2 heterocycles. The molecule has 0 aliphatic carbocycles. The third-order valence-corrected chi connectivity index (χ3v) is 4.86. The van der Waals surface area contributed by atoms with E-state index in [0.29, 0.717) is 5.56 Å². The number of piperidine rings is 1. The smallest absolute Gasteiger partial charge is 0.248 e. The van der Waals surface area contributed by atoms with Crippen LogP contribution in [-0.4, -0.2) is 56.6 Å². The summed E-state index contributed by atoms with van der Waals surface area (Å²) in [6.45, 7) is 7.97. The van der Waals surface area contributed by atoms with Crippen molar-refractivity contribution in [2.75, 3.05) is 50.7 Å². The second-order valence-corrected chi connectivity index (χ2v) is 6.39. The second-order valence-electron chi connectivity index (χ2n) is 6.39. The average molecular weight is 339 g/mol. The van der Waals surface area contributed by atoms with Crippen LogP contribution in [0.4, 0.5) is 5.69 Å². The zero-order chi connectivity index (χ0) is 15.4. The number of carbonyl (C=O) groups excluding carboxylic acids is 1. The molecule has 2 aliphatic rings. The maximum absolute atomic E-state index is 11.1. The van der Waals surface area contributed by atoms with Crippen LogP contribution in [0.15, 0.2) is 24.3 Å². The average Bonchev–Trinajstić information content (AvgIpc) is 2.57. The van der Waals surface area contributed by atoms with Gasteiger partial charge in [0, 0.05) is 44.0 Å². The summed E-state index contributed by atoms with van der Waals surface area (Å²) in [7, 11) is 0. The molecule has 2 fully saturated rings. The van der Waals surface area contributed by atoms with Gasteiger partial charge in [-0.15, -0.1) is 12.4 Å². The minimum absolute atomic E-state index is 0. The van der Waals surface area contributed by atoms with Gasteiger partial charge in [0.1, 0.15) is 0 Å². The number of rotatable bonds is 4. The lowest BCUT2D eigenvalue weighted by Gasteiger charge is -2.38. The number of hydrogen-bond donors (Lipinski definition) is 2.